The van der Waals surface area contributed by atoms with Crippen LogP contribution in [-0.2, 0) is 13.6 Å². The molecule has 0 unspecified atom stereocenters. The number of aromatic amines is 1. The standard InChI is InChI=1S/C18H16N4O3S/c1-20(11-14-17(23)25-19-21(14)2)18(24)22-12-7-3-5-9-15(12)26-16-10-6-4-8-13(16)22/h3-10H,11H2,1-2H3/p+1. The van der Waals surface area contributed by atoms with E-state index in [0.717, 1.165) is 21.2 Å². The van der Waals surface area contributed by atoms with Crippen LogP contribution in [0.25, 0.3) is 0 Å². The third-order valence-electron chi connectivity index (χ3n) is 4.25. The second-order valence-corrected chi connectivity index (χ2v) is 7.08. The first-order valence-corrected chi connectivity index (χ1v) is 8.85. The highest BCUT2D eigenvalue weighted by Gasteiger charge is 2.31. The summed E-state index contributed by atoms with van der Waals surface area (Å²) in [6, 6.07) is 15.4. The lowest BCUT2D eigenvalue weighted by Gasteiger charge is -2.33. The smallest absolute Gasteiger partial charge is 0.316 e. The van der Waals surface area contributed by atoms with Gasteiger partial charge in [0.2, 0.25) is 0 Å². The maximum Gasteiger partial charge on any atom is 0.431 e. The molecule has 0 saturated carbocycles. The second kappa shape index (κ2) is 6.38. The zero-order chi connectivity index (χ0) is 18.3. The van der Waals surface area contributed by atoms with Gasteiger partial charge in [-0.3, -0.25) is 9.42 Å². The first kappa shape index (κ1) is 16.5. The Morgan fingerprint density at radius 1 is 1.15 bits per heavy atom. The number of para-hydroxylation sites is 2. The Morgan fingerprint density at radius 3 is 2.27 bits per heavy atom. The fraction of sp³-hybridized carbons (Fsp3) is 0.167. The highest BCUT2D eigenvalue weighted by Crippen LogP contribution is 2.48. The monoisotopic (exact) mass is 369 g/mol. The van der Waals surface area contributed by atoms with Crippen LogP contribution in [0.2, 0.25) is 0 Å². The van der Waals surface area contributed by atoms with Crippen molar-refractivity contribution in [3.8, 4) is 0 Å². The molecule has 1 N–H and O–H groups in total. The van der Waals surface area contributed by atoms with Crippen LogP contribution >= 0.6 is 11.8 Å². The summed E-state index contributed by atoms with van der Waals surface area (Å²) < 4.78 is 6.23. The van der Waals surface area contributed by atoms with Gasteiger partial charge in [0.05, 0.1) is 11.4 Å². The third-order valence-corrected chi connectivity index (χ3v) is 5.38. The number of rotatable bonds is 2. The first-order chi connectivity index (χ1) is 12.6. The molecule has 0 fully saturated rings. The van der Waals surface area contributed by atoms with E-state index in [1.807, 2.05) is 48.5 Å². The van der Waals surface area contributed by atoms with E-state index in [0.29, 0.717) is 5.69 Å². The maximum absolute atomic E-state index is 13.3. The highest BCUT2D eigenvalue weighted by atomic mass is 32.2. The van der Waals surface area contributed by atoms with Crippen molar-refractivity contribution < 1.29 is 14.0 Å². The summed E-state index contributed by atoms with van der Waals surface area (Å²) in [4.78, 5) is 30.3. The minimum absolute atomic E-state index is 0.134. The molecule has 26 heavy (non-hydrogen) atoms. The van der Waals surface area contributed by atoms with E-state index in [1.165, 1.54) is 9.58 Å². The maximum atomic E-state index is 13.3. The van der Waals surface area contributed by atoms with Crippen molar-refractivity contribution in [3.63, 3.8) is 0 Å². The van der Waals surface area contributed by atoms with Crippen LogP contribution in [0.3, 0.4) is 0 Å². The molecule has 3 aromatic rings. The normalized spacial score (nSPS) is 12.5. The van der Waals surface area contributed by atoms with Gasteiger partial charge < -0.3 is 4.90 Å². The number of benzene rings is 2. The molecule has 132 valence electrons. The lowest BCUT2D eigenvalue weighted by atomic mass is 10.2. The van der Waals surface area contributed by atoms with Crippen molar-refractivity contribution in [2.75, 3.05) is 11.9 Å². The summed E-state index contributed by atoms with van der Waals surface area (Å²) in [5, 5.41) is 2.47. The SMILES string of the molecule is CN(Cc1c(=O)o[nH][n+]1C)C(=O)N1c2ccccc2Sc2ccccc21. The molecule has 1 aliphatic heterocycles. The predicted molar refractivity (Wildman–Crippen MR) is 96.5 cm³/mol. The van der Waals surface area contributed by atoms with Gasteiger partial charge in [-0.2, -0.15) is 0 Å². The molecular weight excluding hydrogens is 352 g/mol. The fourth-order valence-electron chi connectivity index (χ4n) is 2.91. The van der Waals surface area contributed by atoms with Gasteiger partial charge >= 0.3 is 17.4 Å². The molecule has 0 atom stereocenters. The van der Waals surface area contributed by atoms with Gasteiger partial charge in [0.25, 0.3) is 0 Å². The summed E-state index contributed by atoms with van der Waals surface area (Å²) in [6.45, 7) is 0.134. The quantitative estimate of drug-likeness (QED) is 0.705. The van der Waals surface area contributed by atoms with E-state index in [-0.39, 0.29) is 12.6 Å². The van der Waals surface area contributed by atoms with Gasteiger partial charge in [0, 0.05) is 16.8 Å². The van der Waals surface area contributed by atoms with Crippen LogP contribution in [0.5, 0.6) is 0 Å². The number of hydrogen-bond acceptors (Lipinski definition) is 4. The molecule has 2 aromatic carbocycles. The Bertz CT molecular complexity index is 997. The number of nitrogens with one attached hydrogen (secondary N) is 1. The van der Waals surface area contributed by atoms with E-state index in [4.69, 9.17) is 4.52 Å². The number of fused-ring (bicyclic) bond motifs is 2. The zero-order valence-corrected chi connectivity index (χ0v) is 15.1. The van der Waals surface area contributed by atoms with Crippen LogP contribution in [0.4, 0.5) is 16.2 Å². The first-order valence-electron chi connectivity index (χ1n) is 8.04. The number of aryl methyl sites for hydroxylation is 1. The molecule has 0 radical (unpaired) electrons. The Morgan fingerprint density at radius 2 is 1.73 bits per heavy atom. The molecule has 8 heteroatoms. The van der Waals surface area contributed by atoms with Crippen molar-refractivity contribution >= 4 is 29.2 Å². The summed E-state index contributed by atoms with van der Waals surface area (Å²) in [5.41, 5.74) is 1.55. The van der Waals surface area contributed by atoms with Gasteiger partial charge in [0.1, 0.15) is 6.54 Å². The number of urea groups is 1. The third kappa shape index (κ3) is 2.68. The molecule has 7 nitrogen and oxygen atoms in total. The van der Waals surface area contributed by atoms with Crippen molar-refractivity contribution in [1.82, 2.24) is 10.2 Å². The van der Waals surface area contributed by atoms with E-state index in [1.54, 1.807) is 30.8 Å². The number of anilines is 2. The number of hydrogen-bond donors (Lipinski definition) is 1. The number of H-pyrrole nitrogens is 1. The Kier molecular flexibility index (Phi) is 4.04. The summed E-state index contributed by atoms with van der Waals surface area (Å²) in [5.74, 6) is 0. The van der Waals surface area contributed by atoms with Crippen molar-refractivity contribution in [2.45, 2.75) is 16.3 Å². The largest absolute Gasteiger partial charge is 0.431 e. The molecule has 1 aliphatic rings. The van der Waals surface area contributed by atoms with Gasteiger partial charge in [-0.1, -0.05) is 40.7 Å². The van der Waals surface area contributed by atoms with Crippen LogP contribution < -0.4 is 15.2 Å². The lowest BCUT2D eigenvalue weighted by Crippen LogP contribution is -2.44. The Hall–Kier alpha value is -3.00. The summed E-state index contributed by atoms with van der Waals surface area (Å²) >= 11 is 1.64. The van der Waals surface area contributed by atoms with Crippen LogP contribution in [0, 0.1) is 0 Å². The molecule has 2 amide bonds. The molecule has 2 heterocycles. The van der Waals surface area contributed by atoms with E-state index < -0.39 is 5.63 Å². The van der Waals surface area contributed by atoms with Crippen LogP contribution in [0.15, 0.2) is 67.6 Å². The molecule has 4 rings (SSSR count). The van der Waals surface area contributed by atoms with Gasteiger partial charge in [-0.15, -0.1) is 0 Å². The number of aromatic nitrogens is 2. The number of carbonyl (C=O) groups excluding carboxylic acids is 1. The van der Waals surface area contributed by atoms with E-state index in [9.17, 15) is 9.59 Å². The van der Waals surface area contributed by atoms with Crippen molar-refractivity contribution in [3.05, 3.63) is 64.6 Å². The van der Waals surface area contributed by atoms with Crippen LogP contribution in [0.1, 0.15) is 5.69 Å². The highest BCUT2D eigenvalue weighted by molar-refractivity contribution is 7.99. The van der Waals surface area contributed by atoms with Gasteiger partial charge in [-0.05, 0) is 29.5 Å². The summed E-state index contributed by atoms with van der Waals surface area (Å²) in [6.07, 6.45) is 0. The molecule has 0 aliphatic carbocycles. The Labute approximate surface area is 153 Å². The van der Waals surface area contributed by atoms with Crippen molar-refractivity contribution in [1.29, 1.82) is 0 Å². The van der Waals surface area contributed by atoms with Crippen LogP contribution in [-0.4, -0.2) is 23.3 Å². The number of nitrogens with zero attached hydrogens (tertiary/aromatic N) is 3. The minimum Gasteiger partial charge on any atom is -0.316 e. The molecule has 0 bridgehead atoms. The topological polar surface area (TPSA) is 73.4 Å². The average molecular weight is 369 g/mol. The molecule has 0 saturated heterocycles. The zero-order valence-electron chi connectivity index (χ0n) is 14.3. The average Bonchev–Trinajstić information content (AvgIpc) is 2.97. The number of carbonyl (C=O) groups is 1. The lowest BCUT2D eigenvalue weighted by molar-refractivity contribution is -0.746. The molecule has 0 spiro atoms. The van der Waals surface area contributed by atoms with Gasteiger partial charge in [0.15, 0.2) is 7.05 Å². The Balaban J connectivity index is 1.73. The van der Waals surface area contributed by atoms with E-state index in [2.05, 4.69) is 5.27 Å². The minimum atomic E-state index is -0.484. The molecular formula is C18H17N4O3S+. The second-order valence-electron chi connectivity index (χ2n) is 6.00. The number of amides is 2. The summed E-state index contributed by atoms with van der Waals surface area (Å²) in [7, 11) is 3.34. The van der Waals surface area contributed by atoms with Crippen molar-refractivity contribution in [2.24, 2.45) is 7.05 Å². The molecule has 1 aromatic heterocycles. The fourth-order valence-corrected chi connectivity index (χ4v) is 3.96. The van der Waals surface area contributed by atoms with E-state index >= 15 is 0 Å². The predicted octanol–water partition coefficient (Wildman–Crippen LogP) is 2.65. The van der Waals surface area contributed by atoms with Gasteiger partial charge in [-0.25, -0.2) is 9.59 Å².